The number of hydrogen-bond acceptors (Lipinski definition) is 3. The molecule has 4 nitrogen and oxygen atoms in total. The monoisotopic (exact) mass is 240 g/mol. The molecule has 0 amide bonds. The molecule has 0 aliphatic carbocycles. The van der Waals surface area contributed by atoms with Gasteiger partial charge in [-0.1, -0.05) is 0 Å². The van der Waals surface area contributed by atoms with Gasteiger partial charge in [0.1, 0.15) is 5.54 Å². The SMILES string of the molecule is CC1(C(=O)O)CCCCN1CCN1CCCC1. The summed E-state index contributed by atoms with van der Waals surface area (Å²) in [7, 11) is 0. The first-order chi connectivity index (χ1) is 8.13. The second-order valence-electron chi connectivity index (χ2n) is 5.57. The van der Waals surface area contributed by atoms with Crippen LogP contribution >= 0.6 is 0 Å². The van der Waals surface area contributed by atoms with Gasteiger partial charge in [-0.25, -0.2) is 0 Å². The van der Waals surface area contributed by atoms with Crippen LogP contribution in [0.15, 0.2) is 0 Å². The van der Waals surface area contributed by atoms with E-state index in [2.05, 4.69) is 9.80 Å². The van der Waals surface area contributed by atoms with Gasteiger partial charge in [0.15, 0.2) is 0 Å². The van der Waals surface area contributed by atoms with Crippen LogP contribution in [0.2, 0.25) is 0 Å². The average molecular weight is 240 g/mol. The molecular formula is C13H24N2O2. The lowest BCUT2D eigenvalue weighted by Gasteiger charge is -2.42. The molecular weight excluding hydrogens is 216 g/mol. The average Bonchev–Trinajstić information content (AvgIpc) is 2.81. The van der Waals surface area contributed by atoms with Crippen LogP contribution < -0.4 is 0 Å². The Morgan fingerprint density at radius 2 is 1.76 bits per heavy atom. The molecule has 0 aromatic rings. The molecule has 0 bridgehead atoms. The normalized spacial score (nSPS) is 31.8. The van der Waals surface area contributed by atoms with E-state index < -0.39 is 11.5 Å². The van der Waals surface area contributed by atoms with E-state index in [0.717, 1.165) is 38.9 Å². The Labute approximate surface area is 104 Å². The van der Waals surface area contributed by atoms with Crippen LogP contribution in [-0.4, -0.2) is 59.1 Å². The molecule has 0 aromatic heterocycles. The maximum atomic E-state index is 11.4. The van der Waals surface area contributed by atoms with Gasteiger partial charge in [0.25, 0.3) is 0 Å². The first-order valence-corrected chi connectivity index (χ1v) is 6.84. The summed E-state index contributed by atoms with van der Waals surface area (Å²) < 4.78 is 0. The molecule has 2 aliphatic rings. The van der Waals surface area contributed by atoms with E-state index in [-0.39, 0.29) is 0 Å². The lowest BCUT2D eigenvalue weighted by Crippen LogP contribution is -2.56. The van der Waals surface area contributed by atoms with E-state index in [1.807, 2.05) is 6.92 Å². The van der Waals surface area contributed by atoms with E-state index in [1.165, 1.54) is 25.9 Å². The van der Waals surface area contributed by atoms with Crippen molar-refractivity contribution < 1.29 is 9.90 Å². The van der Waals surface area contributed by atoms with Crippen molar-refractivity contribution in [2.75, 3.05) is 32.7 Å². The number of carboxylic acids is 1. The van der Waals surface area contributed by atoms with E-state index >= 15 is 0 Å². The molecule has 2 heterocycles. The molecule has 0 saturated carbocycles. The van der Waals surface area contributed by atoms with Crippen LogP contribution in [0.5, 0.6) is 0 Å². The summed E-state index contributed by atoms with van der Waals surface area (Å²) in [6.07, 6.45) is 5.58. The molecule has 1 unspecified atom stereocenters. The standard InChI is InChI=1S/C13H24N2O2/c1-13(12(16)17)6-2-3-9-15(13)11-10-14-7-4-5-8-14/h2-11H2,1H3,(H,16,17). The molecule has 2 saturated heterocycles. The van der Waals surface area contributed by atoms with Crippen LogP contribution in [0.3, 0.4) is 0 Å². The smallest absolute Gasteiger partial charge is 0.323 e. The highest BCUT2D eigenvalue weighted by molar-refractivity contribution is 5.78. The Kier molecular flexibility index (Phi) is 4.05. The molecule has 0 spiro atoms. The van der Waals surface area contributed by atoms with Crippen LogP contribution in [0.1, 0.15) is 39.0 Å². The van der Waals surface area contributed by atoms with Gasteiger partial charge in [-0.2, -0.15) is 0 Å². The second kappa shape index (κ2) is 5.36. The maximum Gasteiger partial charge on any atom is 0.323 e. The zero-order chi connectivity index (χ0) is 12.3. The minimum atomic E-state index is -0.654. The Morgan fingerprint density at radius 3 is 2.41 bits per heavy atom. The van der Waals surface area contributed by atoms with Gasteiger partial charge in [-0.15, -0.1) is 0 Å². The van der Waals surface area contributed by atoms with Gasteiger partial charge in [0, 0.05) is 13.1 Å². The van der Waals surface area contributed by atoms with Crippen LogP contribution in [-0.2, 0) is 4.79 Å². The molecule has 1 atom stereocenters. The molecule has 0 aromatic carbocycles. The lowest BCUT2D eigenvalue weighted by molar-refractivity contribution is -0.153. The van der Waals surface area contributed by atoms with Crippen molar-refractivity contribution >= 4 is 5.97 Å². The summed E-state index contributed by atoms with van der Waals surface area (Å²) >= 11 is 0. The maximum absolute atomic E-state index is 11.4. The fourth-order valence-electron chi connectivity index (χ4n) is 3.05. The lowest BCUT2D eigenvalue weighted by atomic mass is 9.88. The van der Waals surface area contributed by atoms with Crippen molar-refractivity contribution in [3.05, 3.63) is 0 Å². The van der Waals surface area contributed by atoms with Gasteiger partial charge in [0.2, 0.25) is 0 Å². The summed E-state index contributed by atoms with van der Waals surface area (Å²) in [4.78, 5) is 16.1. The van der Waals surface area contributed by atoms with E-state index in [4.69, 9.17) is 0 Å². The van der Waals surface area contributed by atoms with Gasteiger partial charge in [-0.05, 0) is 58.7 Å². The first kappa shape index (κ1) is 12.8. The van der Waals surface area contributed by atoms with Gasteiger partial charge in [0.05, 0.1) is 0 Å². The summed E-state index contributed by atoms with van der Waals surface area (Å²) in [5.74, 6) is -0.654. The quantitative estimate of drug-likeness (QED) is 0.807. The van der Waals surface area contributed by atoms with Crippen molar-refractivity contribution in [2.45, 2.75) is 44.6 Å². The molecule has 2 aliphatic heterocycles. The van der Waals surface area contributed by atoms with Crippen molar-refractivity contribution in [1.82, 2.24) is 9.80 Å². The third-order valence-electron chi connectivity index (χ3n) is 4.39. The molecule has 17 heavy (non-hydrogen) atoms. The van der Waals surface area contributed by atoms with E-state index in [9.17, 15) is 9.90 Å². The van der Waals surface area contributed by atoms with E-state index in [1.54, 1.807) is 0 Å². The van der Waals surface area contributed by atoms with Crippen molar-refractivity contribution in [3.63, 3.8) is 0 Å². The summed E-state index contributed by atoms with van der Waals surface area (Å²) in [5.41, 5.74) is -0.627. The Balaban J connectivity index is 1.89. The largest absolute Gasteiger partial charge is 0.480 e. The molecule has 2 rings (SSSR count). The van der Waals surface area contributed by atoms with Crippen molar-refractivity contribution in [1.29, 1.82) is 0 Å². The van der Waals surface area contributed by atoms with Gasteiger partial charge >= 0.3 is 5.97 Å². The number of carbonyl (C=O) groups is 1. The van der Waals surface area contributed by atoms with Crippen LogP contribution in [0.25, 0.3) is 0 Å². The fourth-order valence-corrected chi connectivity index (χ4v) is 3.05. The first-order valence-electron chi connectivity index (χ1n) is 6.84. The number of piperidine rings is 1. The number of carboxylic acid groups (broad SMARTS) is 1. The minimum absolute atomic E-state index is 0.627. The molecule has 4 heteroatoms. The number of hydrogen-bond donors (Lipinski definition) is 1. The molecule has 1 N–H and O–H groups in total. The number of likely N-dealkylation sites (tertiary alicyclic amines) is 2. The second-order valence-corrected chi connectivity index (χ2v) is 5.57. The molecule has 2 fully saturated rings. The van der Waals surface area contributed by atoms with Crippen molar-refractivity contribution in [3.8, 4) is 0 Å². The van der Waals surface area contributed by atoms with Gasteiger partial charge < -0.3 is 10.0 Å². The highest BCUT2D eigenvalue weighted by atomic mass is 16.4. The predicted molar refractivity (Wildman–Crippen MR) is 67.1 cm³/mol. The topological polar surface area (TPSA) is 43.8 Å². The summed E-state index contributed by atoms with van der Waals surface area (Å²) in [6.45, 7) is 7.15. The summed E-state index contributed by atoms with van der Waals surface area (Å²) in [6, 6.07) is 0. The number of nitrogens with zero attached hydrogens (tertiary/aromatic N) is 2. The predicted octanol–water partition coefficient (Wildman–Crippen LogP) is 1.41. The van der Waals surface area contributed by atoms with Crippen LogP contribution in [0.4, 0.5) is 0 Å². The third kappa shape index (κ3) is 2.80. The zero-order valence-corrected chi connectivity index (χ0v) is 10.8. The number of aliphatic carboxylic acids is 1. The Bertz CT molecular complexity index is 277. The summed E-state index contributed by atoms with van der Waals surface area (Å²) in [5, 5.41) is 9.40. The molecule has 0 radical (unpaired) electrons. The van der Waals surface area contributed by atoms with E-state index in [0.29, 0.717) is 0 Å². The van der Waals surface area contributed by atoms with Crippen LogP contribution in [0, 0.1) is 0 Å². The Hall–Kier alpha value is -0.610. The zero-order valence-electron chi connectivity index (χ0n) is 10.8. The highest BCUT2D eigenvalue weighted by Crippen LogP contribution is 2.28. The fraction of sp³-hybridized carbons (Fsp3) is 0.923. The van der Waals surface area contributed by atoms with Gasteiger partial charge in [-0.3, -0.25) is 9.69 Å². The molecule has 98 valence electrons. The van der Waals surface area contributed by atoms with Crippen molar-refractivity contribution in [2.24, 2.45) is 0 Å². The highest BCUT2D eigenvalue weighted by Gasteiger charge is 2.41. The number of rotatable bonds is 4. The minimum Gasteiger partial charge on any atom is -0.480 e. The third-order valence-corrected chi connectivity index (χ3v) is 4.39. The Morgan fingerprint density at radius 1 is 1.12 bits per heavy atom.